The van der Waals surface area contributed by atoms with Crippen LogP contribution < -0.4 is 11.5 Å². The number of nitrogens with zero attached hydrogens (tertiary/aromatic N) is 1. The smallest absolute Gasteiger partial charge is 0.0742 e. The first kappa shape index (κ1) is 13.3. The van der Waals surface area contributed by atoms with Gasteiger partial charge in [-0.25, -0.2) is 4.98 Å². The van der Waals surface area contributed by atoms with Crippen molar-refractivity contribution in [1.82, 2.24) is 4.98 Å². The number of pyridine rings is 1. The second-order valence-electron chi connectivity index (χ2n) is 5.24. The zero-order valence-corrected chi connectivity index (χ0v) is 11.6. The summed E-state index contributed by atoms with van der Waals surface area (Å²) in [5.41, 5.74) is 16.1. The van der Waals surface area contributed by atoms with E-state index in [1.165, 1.54) is 18.6 Å². The third-order valence-corrected chi connectivity index (χ3v) is 3.87. The fourth-order valence-electron chi connectivity index (χ4n) is 2.63. The van der Waals surface area contributed by atoms with Crippen LogP contribution in [0.4, 0.5) is 5.69 Å². The number of hydrogen-bond acceptors (Lipinski definition) is 5. The van der Waals surface area contributed by atoms with Crippen LogP contribution in [0.5, 0.6) is 0 Å². The molecule has 1 aromatic heterocycles. The van der Waals surface area contributed by atoms with E-state index in [2.05, 4.69) is 4.98 Å². The van der Waals surface area contributed by atoms with Crippen LogP contribution in [0.15, 0.2) is 24.4 Å². The van der Waals surface area contributed by atoms with Gasteiger partial charge in [-0.05, 0) is 42.5 Å². The average molecular weight is 279 g/mol. The summed E-state index contributed by atoms with van der Waals surface area (Å²) in [6.07, 6.45) is 6.17. The summed E-state index contributed by atoms with van der Waals surface area (Å²) < 4.78 is 0. The molecule has 1 fully saturated rings. The molecule has 0 atom stereocenters. The molecule has 21 heavy (non-hydrogen) atoms. The van der Waals surface area contributed by atoms with Crippen LogP contribution in [0, 0.1) is 10.8 Å². The van der Waals surface area contributed by atoms with Crippen LogP contribution in [0.25, 0.3) is 16.5 Å². The highest BCUT2D eigenvalue weighted by atomic mass is 14.7. The minimum Gasteiger partial charge on any atom is -0.404 e. The van der Waals surface area contributed by atoms with Crippen molar-refractivity contribution in [3.05, 3.63) is 41.2 Å². The first-order valence-corrected chi connectivity index (χ1v) is 6.86. The lowest BCUT2D eigenvalue weighted by Gasteiger charge is -2.13. The molecule has 5 nitrogen and oxygen atoms in total. The number of benzene rings is 1. The molecule has 0 unspecified atom stereocenters. The van der Waals surface area contributed by atoms with Gasteiger partial charge in [-0.15, -0.1) is 0 Å². The van der Waals surface area contributed by atoms with Crippen molar-refractivity contribution in [2.45, 2.75) is 18.8 Å². The number of aromatic nitrogens is 1. The Kier molecular flexibility index (Phi) is 3.17. The number of nitrogen functional groups attached to an aromatic ring is 1. The standard InChI is InChI=1S/C16H17N5/c17-6-10(7-18)15-5-11(9-1-2-9)16-12(8-19)13(20)3-4-14(16)21-15/h3-9,17,19H,1-2,18,20H2/b10-7+,17-6?,19-8?. The van der Waals surface area contributed by atoms with Crippen LogP contribution in [-0.2, 0) is 0 Å². The molecule has 0 bridgehead atoms. The van der Waals surface area contributed by atoms with Gasteiger partial charge in [-0.2, -0.15) is 0 Å². The van der Waals surface area contributed by atoms with E-state index in [0.717, 1.165) is 34.9 Å². The summed E-state index contributed by atoms with van der Waals surface area (Å²) in [4.78, 5) is 4.58. The number of nitrogens with two attached hydrogens (primary N) is 2. The van der Waals surface area contributed by atoms with Crippen molar-refractivity contribution in [2.75, 3.05) is 5.73 Å². The van der Waals surface area contributed by atoms with Crippen molar-refractivity contribution < 1.29 is 0 Å². The monoisotopic (exact) mass is 279 g/mol. The van der Waals surface area contributed by atoms with E-state index in [9.17, 15) is 0 Å². The van der Waals surface area contributed by atoms with E-state index in [-0.39, 0.29) is 0 Å². The summed E-state index contributed by atoms with van der Waals surface area (Å²) in [5, 5.41) is 16.0. The lowest BCUT2D eigenvalue weighted by molar-refractivity contribution is 1.13. The quantitative estimate of drug-likeness (QED) is 0.509. The molecule has 0 radical (unpaired) electrons. The topological polar surface area (TPSA) is 113 Å². The zero-order valence-electron chi connectivity index (χ0n) is 11.6. The third kappa shape index (κ3) is 2.16. The Balaban J connectivity index is 2.37. The SMILES string of the molecule is N=C/C(=C\N)c1cc(C2CC2)c2c(C=N)c(N)ccc2n1. The average Bonchev–Trinajstić information content (AvgIpc) is 3.32. The number of fused-ring (bicyclic) bond motifs is 1. The first-order valence-electron chi connectivity index (χ1n) is 6.86. The number of allylic oxidation sites excluding steroid dienone is 1. The molecule has 2 aromatic rings. The summed E-state index contributed by atoms with van der Waals surface area (Å²) in [5.74, 6) is 0.486. The molecular formula is C16H17N5. The van der Waals surface area contributed by atoms with Crippen LogP contribution in [0.3, 0.4) is 0 Å². The maximum Gasteiger partial charge on any atom is 0.0742 e. The summed E-state index contributed by atoms with van der Waals surface area (Å²) in [6, 6.07) is 5.62. The van der Waals surface area contributed by atoms with Crippen LogP contribution >= 0.6 is 0 Å². The van der Waals surface area contributed by atoms with Crippen molar-refractivity contribution in [2.24, 2.45) is 5.73 Å². The van der Waals surface area contributed by atoms with Gasteiger partial charge in [0.05, 0.1) is 11.2 Å². The van der Waals surface area contributed by atoms with Crippen LogP contribution in [0.1, 0.15) is 35.6 Å². The van der Waals surface area contributed by atoms with Gasteiger partial charge in [0.1, 0.15) is 0 Å². The Bertz CT molecular complexity index is 772. The number of rotatable bonds is 4. The summed E-state index contributed by atoms with van der Waals surface area (Å²) in [7, 11) is 0. The molecule has 106 valence electrons. The number of nitrogens with one attached hydrogen (secondary N) is 2. The van der Waals surface area contributed by atoms with E-state index >= 15 is 0 Å². The van der Waals surface area contributed by atoms with Gasteiger partial charge in [0.25, 0.3) is 0 Å². The van der Waals surface area contributed by atoms with Gasteiger partial charge in [0, 0.05) is 40.8 Å². The Hall–Kier alpha value is -2.69. The highest BCUT2D eigenvalue weighted by Gasteiger charge is 2.27. The fraction of sp³-hybridized carbons (Fsp3) is 0.188. The van der Waals surface area contributed by atoms with Crippen molar-refractivity contribution >= 4 is 34.6 Å². The lowest BCUT2D eigenvalue weighted by atomic mass is 9.97. The molecule has 1 aromatic carbocycles. The summed E-state index contributed by atoms with van der Waals surface area (Å²) >= 11 is 0. The van der Waals surface area contributed by atoms with Gasteiger partial charge < -0.3 is 22.3 Å². The Labute approximate surface area is 122 Å². The summed E-state index contributed by atoms with van der Waals surface area (Å²) in [6.45, 7) is 0. The molecule has 0 saturated heterocycles. The molecule has 1 aliphatic carbocycles. The Morgan fingerprint density at radius 1 is 1.29 bits per heavy atom. The predicted octanol–water partition coefficient (Wildman–Crippen LogP) is 2.64. The van der Waals surface area contributed by atoms with E-state index < -0.39 is 0 Å². The van der Waals surface area contributed by atoms with E-state index in [1.54, 1.807) is 6.07 Å². The molecule has 5 heteroatoms. The predicted molar refractivity (Wildman–Crippen MR) is 87.0 cm³/mol. The lowest BCUT2D eigenvalue weighted by Crippen LogP contribution is -2.02. The van der Waals surface area contributed by atoms with Gasteiger partial charge in [-0.1, -0.05) is 0 Å². The molecule has 1 heterocycles. The zero-order chi connectivity index (χ0) is 15.0. The molecule has 1 aliphatic rings. The number of anilines is 1. The second kappa shape index (κ2) is 5.01. The maximum absolute atomic E-state index is 7.63. The van der Waals surface area contributed by atoms with Crippen LogP contribution in [0.2, 0.25) is 0 Å². The van der Waals surface area contributed by atoms with Gasteiger partial charge in [0.2, 0.25) is 0 Å². The Morgan fingerprint density at radius 2 is 2.05 bits per heavy atom. The first-order chi connectivity index (χ1) is 10.2. The van der Waals surface area contributed by atoms with Crippen molar-refractivity contribution in [3.63, 3.8) is 0 Å². The van der Waals surface area contributed by atoms with Gasteiger partial charge >= 0.3 is 0 Å². The van der Waals surface area contributed by atoms with E-state index in [0.29, 0.717) is 22.9 Å². The molecule has 0 aliphatic heterocycles. The van der Waals surface area contributed by atoms with Crippen LogP contribution in [-0.4, -0.2) is 17.4 Å². The fourth-order valence-corrected chi connectivity index (χ4v) is 2.63. The molecule has 1 saturated carbocycles. The highest BCUT2D eigenvalue weighted by molar-refractivity contribution is 6.09. The Morgan fingerprint density at radius 3 is 2.62 bits per heavy atom. The second-order valence-corrected chi connectivity index (χ2v) is 5.24. The van der Waals surface area contributed by atoms with Gasteiger partial charge in [-0.3, -0.25) is 0 Å². The molecule has 0 amide bonds. The molecular weight excluding hydrogens is 262 g/mol. The van der Waals surface area contributed by atoms with E-state index in [1.807, 2.05) is 12.1 Å². The van der Waals surface area contributed by atoms with Gasteiger partial charge in [0.15, 0.2) is 0 Å². The minimum atomic E-state index is 0.486. The molecule has 0 spiro atoms. The molecule has 6 N–H and O–H groups in total. The molecule has 3 rings (SSSR count). The number of hydrogen-bond donors (Lipinski definition) is 4. The normalized spacial score (nSPS) is 15.1. The van der Waals surface area contributed by atoms with E-state index in [4.69, 9.17) is 22.3 Å². The minimum absolute atomic E-state index is 0.486. The maximum atomic E-state index is 7.63. The van der Waals surface area contributed by atoms with Crippen molar-refractivity contribution in [3.8, 4) is 0 Å². The third-order valence-electron chi connectivity index (χ3n) is 3.87. The van der Waals surface area contributed by atoms with Crippen molar-refractivity contribution in [1.29, 1.82) is 10.8 Å². The highest BCUT2D eigenvalue weighted by Crippen LogP contribution is 2.44. The largest absolute Gasteiger partial charge is 0.404 e.